The Labute approximate surface area is 265 Å². The highest BCUT2D eigenvalue weighted by molar-refractivity contribution is 5.27. The van der Waals surface area contributed by atoms with Gasteiger partial charge in [0.15, 0.2) is 0 Å². The molecule has 4 aromatic rings. The van der Waals surface area contributed by atoms with Crippen molar-refractivity contribution in [2.75, 3.05) is 13.7 Å². The summed E-state index contributed by atoms with van der Waals surface area (Å²) in [5, 5.41) is 11.9. The molecule has 236 valence electrons. The first-order valence-electron chi connectivity index (χ1n) is 15.3. The second-order valence-electron chi connectivity index (χ2n) is 11.0. The number of methoxy groups -OCH3 is 1. The quantitative estimate of drug-likeness (QED) is 0.150. The zero-order valence-corrected chi connectivity index (χ0v) is 25.7. The minimum absolute atomic E-state index is 0.221. The maximum absolute atomic E-state index is 11.9. The molecule has 7 nitrogen and oxygen atoms in total. The van der Waals surface area contributed by atoms with Gasteiger partial charge in [-0.3, -0.25) is 0 Å². The Morgan fingerprint density at radius 3 is 1.27 bits per heavy atom. The van der Waals surface area contributed by atoms with Crippen LogP contribution in [0.15, 0.2) is 128 Å². The molecule has 0 bridgehead atoms. The fourth-order valence-electron chi connectivity index (χ4n) is 5.49. The van der Waals surface area contributed by atoms with Crippen molar-refractivity contribution in [1.82, 2.24) is 0 Å². The molecule has 0 aliphatic heterocycles. The van der Waals surface area contributed by atoms with Crippen LogP contribution in [0.2, 0.25) is 0 Å². The molecule has 1 fully saturated rings. The zero-order chi connectivity index (χ0) is 31.3. The third-order valence-corrected chi connectivity index (χ3v) is 7.83. The maximum atomic E-state index is 11.9. The summed E-state index contributed by atoms with van der Waals surface area (Å²) in [7, 11) is 1.63. The maximum Gasteiger partial charge on any atom is 0.118 e. The molecule has 6 atom stereocenters. The van der Waals surface area contributed by atoms with Crippen LogP contribution in [0.4, 0.5) is 0 Å². The van der Waals surface area contributed by atoms with Gasteiger partial charge in [0.25, 0.3) is 0 Å². The van der Waals surface area contributed by atoms with Crippen LogP contribution in [0.3, 0.4) is 0 Å². The normalized spacial score (nSPS) is 23.0. The Hall–Kier alpha value is -3.82. The molecule has 5 rings (SSSR count). The van der Waals surface area contributed by atoms with Gasteiger partial charge in [0.2, 0.25) is 0 Å². The number of ether oxygens (including phenoxy) is 6. The molecule has 4 aromatic carbocycles. The summed E-state index contributed by atoms with van der Waals surface area (Å²) in [4.78, 5) is 0. The van der Waals surface area contributed by atoms with E-state index < -0.39 is 36.6 Å². The molecular formula is C38H42O7. The number of aliphatic hydroxyl groups excluding tert-OH is 1. The van der Waals surface area contributed by atoms with Gasteiger partial charge in [0.1, 0.15) is 42.4 Å². The van der Waals surface area contributed by atoms with E-state index in [0.717, 1.165) is 28.0 Å². The van der Waals surface area contributed by atoms with Gasteiger partial charge in [-0.2, -0.15) is 0 Å². The molecule has 0 radical (unpaired) electrons. The highest BCUT2D eigenvalue weighted by Crippen LogP contribution is 2.34. The number of aliphatic hydroxyl groups is 1. The molecule has 1 N–H and O–H groups in total. The van der Waals surface area contributed by atoms with E-state index in [0.29, 0.717) is 19.8 Å². The van der Waals surface area contributed by atoms with Crippen molar-refractivity contribution in [2.45, 2.75) is 63.1 Å². The number of rotatable bonds is 16. The molecule has 0 amide bonds. The van der Waals surface area contributed by atoms with Crippen molar-refractivity contribution in [1.29, 1.82) is 0 Å². The molecular weight excluding hydrogens is 568 g/mol. The molecule has 0 spiro atoms. The Morgan fingerprint density at radius 1 is 0.511 bits per heavy atom. The van der Waals surface area contributed by atoms with Crippen LogP contribution in [0.1, 0.15) is 22.3 Å². The van der Waals surface area contributed by atoms with Crippen molar-refractivity contribution in [3.63, 3.8) is 0 Å². The van der Waals surface area contributed by atoms with Crippen molar-refractivity contribution in [3.8, 4) is 5.75 Å². The first-order chi connectivity index (χ1) is 22.2. The predicted molar refractivity (Wildman–Crippen MR) is 173 cm³/mol. The molecule has 0 unspecified atom stereocenters. The molecule has 45 heavy (non-hydrogen) atoms. The first kappa shape index (κ1) is 32.6. The van der Waals surface area contributed by atoms with Gasteiger partial charge in [-0.1, -0.05) is 109 Å². The Kier molecular flexibility index (Phi) is 12.3. The average molecular weight is 611 g/mol. The zero-order valence-electron chi connectivity index (χ0n) is 25.7. The number of hydrogen-bond acceptors (Lipinski definition) is 7. The van der Waals surface area contributed by atoms with Gasteiger partial charge in [0.05, 0.1) is 40.1 Å². The highest BCUT2D eigenvalue weighted by atomic mass is 16.6. The SMILES string of the molecule is C=CCO[C@H]1[C@@H](O)[C@@H](OCc2ccc(OC)cc2)[C@H](OCc2ccccc2)[C@@H](OCc2ccccc2)[C@@H]1OCc1ccccc1. The Bertz CT molecular complexity index is 1400. The van der Waals surface area contributed by atoms with Crippen molar-refractivity contribution in [2.24, 2.45) is 0 Å². The third kappa shape index (κ3) is 9.11. The summed E-state index contributed by atoms with van der Waals surface area (Å²) in [6.45, 7) is 5.21. The van der Waals surface area contributed by atoms with Crippen LogP contribution in [-0.4, -0.2) is 55.4 Å². The summed E-state index contributed by atoms with van der Waals surface area (Å²) >= 11 is 0. The highest BCUT2D eigenvalue weighted by Gasteiger charge is 2.54. The Morgan fingerprint density at radius 2 is 0.867 bits per heavy atom. The molecule has 1 saturated carbocycles. The lowest BCUT2D eigenvalue weighted by atomic mass is 9.83. The number of benzene rings is 4. The van der Waals surface area contributed by atoms with Crippen LogP contribution in [0, 0.1) is 0 Å². The Balaban J connectivity index is 1.47. The summed E-state index contributed by atoms with van der Waals surface area (Å²) < 4.78 is 37.9. The van der Waals surface area contributed by atoms with E-state index in [2.05, 4.69) is 6.58 Å². The van der Waals surface area contributed by atoms with Gasteiger partial charge in [-0.05, 0) is 34.4 Å². The molecule has 7 heteroatoms. The van der Waals surface area contributed by atoms with Gasteiger partial charge in [0, 0.05) is 0 Å². The van der Waals surface area contributed by atoms with Gasteiger partial charge >= 0.3 is 0 Å². The van der Waals surface area contributed by atoms with Crippen LogP contribution in [0.25, 0.3) is 0 Å². The van der Waals surface area contributed by atoms with Crippen LogP contribution < -0.4 is 4.74 Å². The van der Waals surface area contributed by atoms with Crippen molar-refractivity contribution < 1.29 is 33.5 Å². The second-order valence-corrected chi connectivity index (χ2v) is 11.0. The van der Waals surface area contributed by atoms with Crippen LogP contribution in [0.5, 0.6) is 5.75 Å². The standard InChI is InChI=1S/C38H42O7/c1-3-23-41-34-33(39)35(42-27-31-19-21-32(40-2)22-20-31)37(44-25-29-15-9-5-10-16-29)38(45-26-30-17-11-6-12-18-30)36(34)43-24-28-13-7-4-8-14-28/h3-22,33-39H,1,23-27H2,2H3/t33-,34+,35-,36-,37+,38+/m1/s1. The molecule has 0 saturated heterocycles. The summed E-state index contributed by atoms with van der Waals surface area (Å²) in [5.74, 6) is 0.756. The second kappa shape index (κ2) is 17.0. The first-order valence-corrected chi connectivity index (χ1v) is 15.3. The van der Waals surface area contributed by atoms with Gasteiger partial charge in [-0.25, -0.2) is 0 Å². The van der Waals surface area contributed by atoms with E-state index in [9.17, 15) is 5.11 Å². The molecule has 1 aliphatic rings. The minimum Gasteiger partial charge on any atom is -0.497 e. The fourth-order valence-corrected chi connectivity index (χ4v) is 5.49. The van der Waals surface area contributed by atoms with E-state index in [1.54, 1.807) is 13.2 Å². The van der Waals surface area contributed by atoms with E-state index in [1.807, 2.05) is 115 Å². The van der Waals surface area contributed by atoms with E-state index in [4.69, 9.17) is 28.4 Å². The lowest BCUT2D eigenvalue weighted by Gasteiger charge is -2.48. The van der Waals surface area contributed by atoms with E-state index in [1.165, 1.54) is 0 Å². The lowest BCUT2D eigenvalue weighted by Crippen LogP contribution is -2.66. The summed E-state index contributed by atoms with van der Waals surface area (Å²) in [5.41, 5.74) is 3.93. The predicted octanol–water partition coefficient (Wildman–Crippen LogP) is 6.28. The molecule has 0 heterocycles. The van der Waals surface area contributed by atoms with Crippen LogP contribution >= 0.6 is 0 Å². The minimum atomic E-state index is -1.08. The smallest absolute Gasteiger partial charge is 0.118 e. The monoisotopic (exact) mass is 610 g/mol. The van der Waals surface area contributed by atoms with Crippen molar-refractivity contribution in [3.05, 3.63) is 150 Å². The van der Waals surface area contributed by atoms with Gasteiger partial charge in [-0.15, -0.1) is 6.58 Å². The lowest BCUT2D eigenvalue weighted by molar-refractivity contribution is -0.280. The number of hydrogen-bond donors (Lipinski definition) is 1. The fraction of sp³-hybridized carbons (Fsp3) is 0.316. The average Bonchev–Trinajstić information content (AvgIpc) is 3.10. The molecule has 0 aromatic heterocycles. The summed E-state index contributed by atoms with van der Waals surface area (Å²) in [6, 6.07) is 37.4. The topological polar surface area (TPSA) is 75.6 Å². The molecule has 1 aliphatic carbocycles. The summed E-state index contributed by atoms with van der Waals surface area (Å²) in [6.07, 6.45) is -2.99. The van der Waals surface area contributed by atoms with E-state index >= 15 is 0 Å². The van der Waals surface area contributed by atoms with Crippen LogP contribution in [-0.2, 0) is 50.1 Å². The third-order valence-electron chi connectivity index (χ3n) is 7.83. The van der Waals surface area contributed by atoms with Crippen molar-refractivity contribution >= 4 is 0 Å². The largest absolute Gasteiger partial charge is 0.497 e. The van der Waals surface area contributed by atoms with Gasteiger partial charge < -0.3 is 33.5 Å². The van der Waals surface area contributed by atoms with E-state index in [-0.39, 0.29) is 13.2 Å².